The van der Waals surface area contributed by atoms with E-state index < -0.39 is 0 Å². The molecule has 1 heterocycles. The second kappa shape index (κ2) is 4.84. The van der Waals surface area contributed by atoms with Crippen molar-refractivity contribution >= 4 is 22.7 Å². The molecule has 0 spiro atoms. The van der Waals surface area contributed by atoms with Crippen molar-refractivity contribution in [1.82, 2.24) is 4.98 Å². The molecule has 0 fully saturated rings. The first-order valence-electron chi connectivity index (χ1n) is 5.91. The third kappa shape index (κ3) is 2.03. The highest BCUT2D eigenvalue weighted by Gasteiger charge is 2.07. The molecule has 3 heteroatoms. The number of para-hydroxylation sites is 1. The van der Waals surface area contributed by atoms with Crippen LogP contribution < -0.4 is 0 Å². The molecule has 0 aliphatic carbocycles. The van der Waals surface area contributed by atoms with Crippen molar-refractivity contribution in [3.63, 3.8) is 0 Å². The highest BCUT2D eigenvalue weighted by Crippen LogP contribution is 2.31. The van der Waals surface area contributed by atoms with E-state index >= 15 is 0 Å². The molecule has 2 aromatic carbocycles. The molecule has 0 amide bonds. The molecule has 90 valence electrons. The van der Waals surface area contributed by atoms with Gasteiger partial charge in [-0.15, -0.1) is 0 Å². The van der Waals surface area contributed by atoms with E-state index in [-0.39, 0.29) is 0 Å². The Morgan fingerprint density at radius 1 is 0.947 bits per heavy atom. The Kier molecular flexibility index (Phi) is 2.89. The van der Waals surface area contributed by atoms with Crippen LogP contribution in [0.15, 0.2) is 65.8 Å². The van der Waals surface area contributed by atoms with Crippen molar-refractivity contribution in [1.29, 1.82) is 0 Å². The number of hydrogen-bond acceptors (Lipinski definition) is 3. The number of pyridine rings is 1. The van der Waals surface area contributed by atoms with E-state index in [1.165, 1.54) is 0 Å². The molecule has 0 aliphatic heterocycles. The summed E-state index contributed by atoms with van der Waals surface area (Å²) in [6, 6.07) is 17.6. The number of fused-ring (bicyclic) bond motifs is 1. The van der Waals surface area contributed by atoms with Gasteiger partial charge in [0.1, 0.15) is 0 Å². The molecule has 0 radical (unpaired) electrons. The molecule has 0 saturated heterocycles. The van der Waals surface area contributed by atoms with Crippen LogP contribution in [0.1, 0.15) is 0 Å². The second-order valence-corrected chi connectivity index (χ2v) is 4.10. The Morgan fingerprint density at radius 3 is 2.58 bits per heavy atom. The van der Waals surface area contributed by atoms with Gasteiger partial charge in [0.2, 0.25) is 6.08 Å². The molecule has 1 aromatic heterocycles. The zero-order chi connectivity index (χ0) is 13.1. The number of carbonyl (C=O) groups excluding carboxylic acids is 1. The Labute approximate surface area is 110 Å². The second-order valence-electron chi connectivity index (χ2n) is 4.10. The number of benzene rings is 2. The molecular formula is C16H10N2O. The summed E-state index contributed by atoms with van der Waals surface area (Å²) < 4.78 is 0. The van der Waals surface area contributed by atoms with Crippen LogP contribution >= 0.6 is 0 Å². The summed E-state index contributed by atoms with van der Waals surface area (Å²) in [4.78, 5) is 18.6. The van der Waals surface area contributed by atoms with E-state index in [1.807, 2.05) is 48.5 Å². The van der Waals surface area contributed by atoms with Crippen molar-refractivity contribution in [3.8, 4) is 11.1 Å². The zero-order valence-electron chi connectivity index (χ0n) is 10.1. The predicted octanol–water partition coefficient (Wildman–Crippen LogP) is 3.87. The zero-order valence-corrected chi connectivity index (χ0v) is 10.1. The van der Waals surface area contributed by atoms with Gasteiger partial charge in [-0.25, -0.2) is 4.79 Å². The Hall–Kier alpha value is -2.77. The molecule has 0 N–H and O–H groups in total. The van der Waals surface area contributed by atoms with Crippen LogP contribution in [0.2, 0.25) is 0 Å². The molecule has 3 rings (SSSR count). The minimum absolute atomic E-state index is 0.595. The fourth-order valence-corrected chi connectivity index (χ4v) is 2.16. The monoisotopic (exact) mass is 246 g/mol. The Bertz CT molecular complexity index is 775. The first-order chi connectivity index (χ1) is 9.40. The van der Waals surface area contributed by atoms with Gasteiger partial charge >= 0.3 is 0 Å². The van der Waals surface area contributed by atoms with E-state index in [0.29, 0.717) is 5.69 Å². The van der Waals surface area contributed by atoms with Crippen LogP contribution in [0.4, 0.5) is 5.69 Å². The number of hydrogen-bond donors (Lipinski definition) is 0. The lowest BCUT2D eigenvalue weighted by molar-refractivity contribution is 0.565. The average Bonchev–Trinajstić information content (AvgIpc) is 2.48. The van der Waals surface area contributed by atoms with Gasteiger partial charge in [-0.2, -0.15) is 4.99 Å². The van der Waals surface area contributed by atoms with E-state index in [9.17, 15) is 4.79 Å². The van der Waals surface area contributed by atoms with Gasteiger partial charge in [0.15, 0.2) is 0 Å². The van der Waals surface area contributed by atoms with Gasteiger partial charge < -0.3 is 0 Å². The summed E-state index contributed by atoms with van der Waals surface area (Å²) in [6.07, 6.45) is 3.24. The first kappa shape index (κ1) is 11.3. The molecule has 0 unspecified atom stereocenters. The molecule has 0 saturated carbocycles. The summed E-state index contributed by atoms with van der Waals surface area (Å²) in [5.74, 6) is 0. The molecule has 0 atom stereocenters. The summed E-state index contributed by atoms with van der Waals surface area (Å²) in [6.45, 7) is 0. The van der Waals surface area contributed by atoms with Crippen LogP contribution in [0.25, 0.3) is 22.0 Å². The summed E-state index contributed by atoms with van der Waals surface area (Å²) in [5.41, 5.74) is 3.55. The van der Waals surface area contributed by atoms with Crippen molar-refractivity contribution in [2.75, 3.05) is 0 Å². The van der Waals surface area contributed by atoms with Crippen LogP contribution in [-0.4, -0.2) is 11.1 Å². The maximum atomic E-state index is 10.5. The summed E-state index contributed by atoms with van der Waals surface area (Å²) >= 11 is 0. The van der Waals surface area contributed by atoms with Crippen molar-refractivity contribution < 1.29 is 4.79 Å². The Morgan fingerprint density at radius 2 is 1.79 bits per heavy atom. The number of aliphatic imine (C=N–C) groups is 1. The normalized spacial score (nSPS) is 10.1. The van der Waals surface area contributed by atoms with Gasteiger partial charge in [0.25, 0.3) is 0 Å². The number of aromatic nitrogens is 1. The van der Waals surface area contributed by atoms with Crippen molar-refractivity contribution in [3.05, 3.63) is 60.8 Å². The van der Waals surface area contributed by atoms with Gasteiger partial charge in [0, 0.05) is 17.1 Å². The first-order valence-corrected chi connectivity index (χ1v) is 5.91. The third-order valence-electron chi connectivity index (χ3n) is 3.00. The van der Waals surface area contributed by atoms with Crippen LogP contribution in [0.3, 0.4) is 0 Å². The minimum Gasteiger partial charge on any atom is -0.255 e. The summed E-state index contributed by atoms with van der Waals surface area (Å²) in [7, 11) is 0. The molecule has 0 aliphatic rings. The molecule has 0 bridgehead atoms. The van der Waals surface area contributed by atoms with E-state index in [1.54, 1.807) is 18.3 Å². The van der Waals surface area contributed by atoms with Gasteiger partial charge in [-0.3, -0.25) is 4.98 Å². The lowest BCUT2D eigenvalue weighted by atomic mass is 10.0. The fourth-order valence-electron chi connectivity index (χ4n) is 2.16. The van der Waals surface area contributed by atoms with Crippen LogP contribution in [0, 0.1) is 0 Å². The number of nitrogens with zero attached hydrogens (tertiary/aromatic N) is 2. The van der Waals surface area contributed by atoms with E-state index in [4.69, 9.17) is 0 Å². The highest BCUT2D eigenvalue weighted by molar-refractivity contribution is 5.99. The minimum atomic E-state index is 0.595. The molecule has 3 aromatic rings. The smallest absolute Gasteiger partial charge is 0.240 e. The van der Waals surface area contributed by atoms with Crippen LogP contribution in [-0.2, 0) is 4.79 Å². The van der Waals surface area contributed by atoms with Gasteiger partial charge in [-0.05, 0) is 11.6 Å². The van der Waals surface area contributed by atoms with E-state index in [0.717, 1.165) is 22.0 Å². The maximum absolute atomic E-state index is 10.5. The molecule has 3 nitrogen and oxygen atoms in total. The summed E-state index contributed by atoms with van der Waals surface area (Å²) in [5, 5.41) is 0.854. The fraction of sp³-hybridized carbons (Fsp3) is 0. The van der Waals surface area contributed by atoms with E-state index in [2.05, 4.69) is 9.98 Å². The highest BCUT2D eigenvalue weighted by atomic mass is 16.1. The van der Waals surface area contributed by atoms with Gasteiger partial charge in [0.05, 0.1) is 11.2 Å². The average molecular weight is 246 g/mol. The van der Waals surface area contributed by atoms with Crippen molar-refractivity contribution in [2.45, 2.75) is 0 Å². The topological polar surface area (TPSA) is 42.3 Å². The van der Waals surface area contributed by atoms with Crippen molar-refractivity contribution in [2.24, 2.45) is 4.99 Å². The lowest BCUT2D eigenvalue weighted by Gasteiger charge is -2.06. The quantitative estimate of drug-likeness (QED) is 0.509. The predicted molar refractivity (Wildman–Crippen MR) is 75.0 cm³/mol. The SMILES string of the molecule is O=C=Nc1ccnc2c(-c3ccccc3)cccc12. The number of isocyanates is 1. The molecule has 19 heavy (non-hydrogen) atoms. The number of rotatable bonds is 2. The largest absolute Gasteiger partial charge is 0.255 e. The van der Waals surface area contributed by atoms with Crippen LogP contribution in [0.5, 0.6) is 0 Å². The standard InChI is InChI=1S/C16H10N2O/c19-11-18-15-9-10-17-16-13(7-4-8-14(15)16)12-5-2-1-3-6-12/h1-10H. The Balaban J connectivity index is 2.34. The lowest BCUT2D eigenvalue weighted by Crippen LogP contribution is -1.84. The molecular weight excluding hydrogens is 236 g/mol. The maximum Gasteiger partial charge on any atom is 0.240 e. The third-order valence-corrected chi connectivity index (χ3v) is 3.00. The van der Waals surface area contributed by atoms with Gasteiger partial charge in [-0.1, -0.05) is 48.5 Å².